The van der Waals surface area contributed by atoms with Crippen LogP contribution in [0.2, 0.25) is 15.1 Å². The molecule has 0 aliphatic heterocycles. The van der Waals surface area contributed by atoms with Gasteiger partial charge in [-0.1, -0.05) is 46.9 Å². The Morgan fingerprint density at radius 3 is 2.25 bits per heavy atom. The van der Waals surface area contributed by atoms with Crippen molar-refractivity contribution in [1.82, 2.24) is 0 Å². The summed E-state index contributed by atoms with van der Waals surface area (Å²) in [6.07, 6.45) is 0.0419. The van der Waals surface area contributed by atoms with Gasteiger partial charge in [-0.05, 0) is 23.8 Å². The van der Waals surface area contributed by atoms with E-state index in [9.17, 15) is 14.7 Å². The number of phenols is 1. The van der Waals surface area contributed by atoms with E-state index in [1.54, 1.807) is 24.3 Å². The summed E-state index contributed by atoms with van der Waals surface area (Å²) >= 11 is 17.7. The molecule has 0 heterocycles. The van der Waals surface area contributed by atoms with Gasteiger partial charge in [0, 0.05) is 12.6 Å². The van der Waals surface area contributed by atoms with Gasteiger partial charge in [0.15, 0.2) is 5.75 Å². The first-order valence-corrected chi connectivity index (χ1v) is 7.94. The number of halogens is 3. The molecule has 2 amide bonds. The second-order valence-electron chi connectivity index (χ2n) is 4.98. The minimum Gasteiger partial charge on any atom is -0.504 e. The summed E-state index contributed by atoms with van der Waals surface area (Å²) in [5.41, 5.74) is 1.31. The van der Waals surface area contributed by atoms with Crippen LogP contribution in [0.4, 0.5) is 11.4 Å². The van der Waals surface area contributed by atoms with Crippen LogP contribution >= 0.6 is 34.8 Å². The van der Waals surface area contributed by atoms with Gasteiger partial charge in [0.25, 0.3) is 0 Å². The van der Waals surface area contributed by atoms with E-state index in [0.717, 1.165) is 0 Å². The molecule has 0 aromatic heterocycles. The number of aromatic hydroxyl groups is 1. The summed E-state index contributed by atoms with van der Waals surface area (Å²) in [5, 5.41) is 15.2. The molecule has 0 saturated heterocycles. The van der Waals surface area contributed by atoms with E-state index >= 15 is 0 Å². The van der Waals surface area contributed by atoms with Gasteiger partial charge in [0.2, 0.25) is 11.8 Å². The molecule has 0 aliphatic carbocycles. The molecule has 0 saturated carbocycles. The van der Waals surface area contributed by atoms with Crippen LogP contribution in [0.25, 0.3) is 0 Å². The van der Waals surface area contributed by atoms with E-state index in [4.69, 9.17) is 34.8 Å². The molecule has 2 rings (SSSR count). The first-order chi connectivity index (χ1) is 11.3. The monoisotopic (exact) mass is 386 g/mol. The van der Waals surface area contributed by atoms with Crippen molar-refractivity contribution in [2.45, 2.75) is 13.3 Å². The number of carbonyl (C=O) groups is 2. The Kier molecular flexibility index (Phi) is 5.94. The second kappa shape index (κ2) is 7.75. The third-order valence-corrected chi connectivity index (χ3v) is 4.12. The number of carbonyl (C=O) groups excluding carboxylic acids is 2. The van der Waals surface area contributed by atoms with Crippen molar-refractivity contribution in [2.75, 3.05) is 10.6 Å². The standard InChI is InChI=1S/C16H13Cl3N2O3/c1-8(22)20-10-4-2-9(3-5-10)6-13(23)21-15-14(19)11(17)7-12(18)16(15)24/h2-5,7,24H,6H2,1H3,(H,20,22)(H,21,23). The highest BCUT2D eigenvalue weighted by Gasteiger charge is 2.17. The maximum atomic E-state index is 12.1. The molecule has 0 radical (unpaired) electrons. The fraction of sp³-hybridized carbons (Fsp3) is 0.125. The fourth-order valence-electron chi connectivity index (χ4n) is 1.98. The first-order valence-electron chi connectivity index (χ1n) is 6.80. The minimum absolute atomic E-state index is 0.00734. The van der Waals surface area contributed by atoms with Crippen molar-refractivity contribution in [3.8, 4) is 5.75 Å². The number of rotatable bonds is 4. The molecule has 0 spiro atoms. The average Bonchev–Trinajstić information content (AvgIpc) is 2.51. The van der Waals surface area contributed by atoms with Crippen molar-refractivity contribution in [2.24, 2.45) is 0 Å². The van der Waals surface area contributed by atoms with Gasteiger partial charge >= 0.3 is 0 Å². The lowest BCUT2D eigenvalue weighted by molar-refractivity contribution is -0.116. The number of nitrogens with one attached hydrogen (secondary N) is 2. The van der Waals surface area contributed by atoms with E-state index < -0.39 is 5.91 Å². The van der Waals surface area contributed by atoms with Crippen LogP contribution < -0.4 is 10.6 Å². The summed E-state index contributed by atoms with van der Waals surface area (Å²) in [4.78, 5) is 23.1. The summed E-state index contributed by atoms with van der Waals surface area (Å²) in [5.74, 6) is -0.929. The number of hydrogen-bond donors (Lipinski definition) is 3. The van der Waals surface area contributed by atoms with Crippen LogP contribution in [-0.2, 0) is 16.0 Å². The predicted octanol–water partition coefficient (Wildman–Crippen LogP) is 4.49. The zero-order chi connectivity index (χ0) is 17.9. The largest absolute Gasteiger partial charge is 0.504 e. The van der Waals surface area contributed by atoms with E-state index in [2.05, 4.69) is 10.6 Å². The van der Waals surface area contributed by atoms with E-state index in [1.165, 1.54) is 13.0 Å². The van der Waals surface area contributed by atoms with Gasteiger partial charge in [-0.2, -0.15) is 0 Å². The summed E-state index contributed by atoms with van der Waals surface area (Å²) in [6, 6.07) is 8.07. The Balaban J connectivity index is 2.10. The summed E-state index contributed by atoms with van der Waals surface area (Å²) in [7, 11) is 0. The minimum atomic E-state index is -0.405. The first kappa shape index (κ1) is 18.4. The molecule has 2 aromatic rings. The molecular formula is C16H13Cl3N2O3. The highest BCUT2D eigenvalue weighted by Crippen LogP contribution is 2.42. The maximum absolute atomic E-state index is 12.1. The van der Waals surface area contributed by atoms with Crippen LogP contribution in [-0.4, -0.2) is 16.9 Å². The van der Waals surface area contributed by atoms with Gasteiger partial charge in [-0.25, -0.2) is 0 Å². The average molecular weight is 388 g/mol. The van der Waals surface area contributed by atoms with E-state index in [1.807, 2.05) is 0 Å². The Bertz CT molecular complexity index is 766. The van der Waals surface area contributed by atoms with Gasteiger partial charge in [0.1, 0.15) is 5.69 Å². The van der Waals surface area contributed by atoms with Gasteiger partial charge < -0.3 is 15.7 Å². The van der Waals surface area contributed by atoms with E-state index in [-0.39, 0.29) is 38.8 Å². The molecule has 3 N–H and O–H groups in total. The molecule has 0 bridgehead atoms. The third-order valence-electron chi connectivity index (χ3n) is 3.05. The Morgan fingerprint density at radius 1 is 1.04 bits per heavy atom. The van der Waals surface area contributed by atoms with Crippen LogP contribution in [0.3, 0.4) is 0 Å². The highest BCUT2D eigenvalue weighted by molar-refractivity contribution is 6.46. The molecule has 0 unspecified atom stereocenters. The molecule has 8 heteroatoms. The maximum Gasteiger partial charge on any atom is 0.228 e. The Labute approximate surface area is 153 Å². The number of anilines is 2. The molecule has 5 nitrogen and oxygen atoms in total. The second-order valence-corrected chi connectivity index (χ2v) is 6.17. The van der Waals surface area contributed by atoms with E-state index in [0.29, 0.717) is 11.3 Å². The third kappa shape index (κ3) is 4.54. The highest BCUT2D eigenvalue weighted by atomic mass is 35.5. The van der Waals surface area contributed by atoms with Crippen LogP contribution in [0, 0.1) is 0 Å². The normalized spacial score (nSPS) is 10.3. The summed E-state index contributed by atoms with van der Waals surface area (Å²) < 4.78 is 0. The molecule has 126 valence electrons. The van der Waals surface area contributed by atoms with Crippen molar-refractivity contribution in [1.29, 1.82) is 0 Å². The van der Waals surface area contributed by atoms with Crippen LogP contribution in [0.1, 0.15) is 12.5 Å². The van der Waals surface area contributed by atoms with Crippen molar-refractivity contribution in [3.63, 3.8) is 0 Å². The van der Waals surface area contributed by atoms with Gasteiger partial charge in [-0.3, -0.25) is 9.59 Å². The van der Waals surface area contributed by atoms with Crippen molar-refractivity contribution >= 4 is 58.0 Å². The molecule has 2 aromatic carbocycles. The quantitative estimate of drug-likeness (QED) is 0.534. The fourth-order valence-corrected chi connectivity index (χ4v) is 2.63. The number of hydrogen-bond acceptors (Lipinski definition) is 3. The molecular weight excluding hydrogens is 375 g/mol. The Morgan fingerprint density at radius 2 is 1.67 bits per heavy atom. The number of benzene rings is 2. The lowest BCUT2D eigenvalue weighted by Gasteiger charge is -2.12. The van der Waals surface area contributed by atoms with Gasteiger partial charge in [0.05, 0.1) is 21.5 Å². The molecule has 24 heavy (non-hydrogen) atoms. The van der Waals surface area contributed by atoms with Crippen molar-refractivity contribution < 1.29 is 14.7 Å². The van der Waals surface area contributed by atoms with Gasteiger partial charge in [-0.15, -0.1) is 0 Å². The zero-order valence-electron chi connectivity index (χ0n) is 12.5. The zero-order valence-corrected chi connectivity index (χ0v) is 14.8. The smallest absolute Gasteiger partial charge is 0.228 e. The lowest BCUT2D eigenvalue weighted by atomic mass is 10.1. The number of amides is 2. The molecule has 0 aliphatic rings. The van der Waals surface area contributed by atoms with Crippen LogP contribution in [0.15, 0.2) is 30.3 Å². The Hall–Kier alpha value is -1.95. The molecule has 0 atom stereocenters. The van der Waals surface area contributed by atoms with Crippen LogP contribution in [0.5, 0.6) is 5.75 Å². The topological polar surface area (TPSA) is 78.4 Å². The van der Waals surface area contributed by atoms with Crippen molar-refractivity contribution in [3.05, 3.63) is 51.0 Å². The molecule has 0 fully saturated rings. The summed E-state index contributed by atoms with van der Waals surface area (Å²) in [6.45, 7) is 1.41. The number of phenolic OH excluding ortho intramolecular Hbond substituents is 1. The SMILES string of the molecule is CC(=O)Nc1ccc(CC(=O)Nc2c(O)c(Cl)cc(Cl)c2Cl)cc1. The predicted molar refractivity (Wildman–Crippen MR) is 96.2 cm³/mol. The lowest BCUT2D eigenvalue weighted by Crippen LogP contribution is -2.15.